The molecule has 8 heteroatoms. The Kier molecular flexibility index (Phi) is 6.05. The van der Waals surface area contributed by atoms with Gasteiger partial charge in [-0.1, -0.05) is 12.1 Å². The van der Waals surface area contributed by atoms with Crippen LogP contribution in [0.4, 0.5) is 0 Å². The van der Waals surface area contributed by atoms with Crippen molar-refractivity contribution in [2.75, 3.05) is 21.3 Å². The van der Waals surface area contributed by atoms with Gasteiger partial charge in [0.15, 0.2) is 17.9 Å². The van der Waals surface area contributed by atoms with Gasteiger partial charge in [-0.2, -0.15) is 5.10 Å². The van der Waals surface area contributed by atoms with E-state index in [1.165, 1.54) is 12.1 Å². The largest absolute Gasteiger partial charge is 0.493 e. The van der Waals surface area contributed by atoms with Crippen molar-refractivity contribution in [3.8, 4) is 11.5 Å². The Morgan fingerprint density at radius 2 is 1.83 bits per heavy atom. The number of aliphatic hydroxyl groups excluding tert-OH is 1. The van der Waals surface area contributed by atoms with Crippen LogP contribution in [0.25, 0.3) is 0 Å². The predicted octanol–water partition coefficient (Wildman–Crippen LogP) is 1.90. The molecule has 2 aromatic carbocycles. The van der Waals surface area contributed by atoms with Gasteiger partial charge in [0.05, 0.1) is 31.5 Å². The SMILES string of the molecule is CNC(O)N1N=C(c2ccc(C(=O)O)cc2)c2cc(OC)c(OC)cc2CC1C. The van der Waals surface area contributed by atoms with Gasteiger partial charge in [-0.25, -0.2) is 4.79 Å². The van der Waals surface area contributed by atoms with Gasteiger partial charge < -0.3 is 19.7 Å². The lowest BCUT2D eigenvalue weighted by molar-refractivity contribution is -0.0372. The molecule has 0 aromatic heterocycles. The van der Waals surface area contributed by atoms with Crippen LogP contribution in [-0.2, 0) is 6.42 Å². The summed E-state index contributed by atoms with van der Waals surface area (Å²) in [5.74, 6) is 0.185. The van der Waals surface area contributed by atoms with Gasteiger partial charge in [0.2, 0.25) is 0 Å². The molecule has 29 heavy (non-hydrogen) atoms. The zero-order valence-electron chi connectivity index (χ0n) is 16.8. The molecule has 0 radical (unpaired) electrons. The molecule has 0 spiro atoms. The lowest BCUT2D eigenvalue weighted by atomic mass is 9.93. The first kappa shape index (κ1) is 20.6. The van der Waals surface area contributed by atoms with E-state index in [1.807, 2.05) is 19.1 Å². The predicted molar refractivity (Wildman–Crippen MR) is 109 cm³/mol. The zero-order valence-corrected chi connectivity index (χ0v) is 16.8. The molecule has 3 rings (SSSR count). The Morgan fingerprint density at radius 3 is 2.38 bits per heavy atom. The number of benzene rings is 2. The lowest BCUT2D eigenvalue weighted by Gasteiger charge is -2.29. The minimum atomic E-state index is -0.994. The molecular weight excluding hydrogens is 374 g/mol. The number of carboxylic acids is 1. The van der Waals surface area contributed by atoms with E-state index in [-0.39, 0.29) is 11.6 Å². The monoisotopic (exact) mass is 399 g/mol. The van der Waals surface area contributed by atoms with Crippen molar-refractivity contribution in [2.45, 2.75) is 25.7 Å². The fourth-order valence-electron chi connectivity index (χ4n) is 3.40. The Morgan fingerprint density at radius 1 is 1.21 bits per heavy atom. The average molecular weight is 399 g/mol. The molecule has 1 heterocycles. The van der Waals surface area contributed by atoms with Crippen LogP contribution in [0.2, 0.25) is 0 Å². The fourth-order valence-corrected chi connectivity index (χ4v) is 3.40. The molecular formula is C21H25N3O5. The van der Waals surface area contributed by atoms with Crippen molar-refractivity contribution in [3.63, 3.8) is 0 Å². The lowest BCUT2D eigenvalue weighted by Crippen LogP contribution is -2.46. The summed E-state index contributed by atoms with van der Waals surface area (Å²) in [6.07, 6.45) is -0.356. The standard InChI is InChI=1S/C21H25N3O5/c1-12-9-15-10-17(28-3)18(29-4)11-16(15)19(23-24(12)21(27)22-2)13-5-7-14(8-6-13)20(25)26/h5-8,10-12,21-22,27H,9H2,1-4H3,(H,25,26). The van der Waals surface area contributed by atoms with Crippen LogP contribution in [0.5, 0.6) is 11.5 Å². The molecule has 0 bridgehead atoms. The molecule has 2 aromatic rings. The molecule has 1 aliphatic heterocycles. The van der Waals surface area contributed by atoms with Crippen molar-refractivity contribution in [1.29, 1.82) is 0 Å². The Bertz CT molecular complexity index is 927. The Balaban J connectivity index is 2.21. The number of hydrogen-bond acceptors (Lipinski definition) is 7. The number of rotatable bonds is 6. The third-order valence-electron chi connectivity index (χ3n) is 4.96. The van der Waals surface area contributed by atoms with Gasteiger partial charge in [-0.3, -0.25) is 10.3 Å². The first-order valence-corrected chi connectivity index (χ1v) is 9.20. The van der Waals surface area contributed by atoms with E-state index < -0.39 is 12.3 Å². The summed E-state index contributed by atoms with van der Waals surface area (Å²) < 4.78 is 10.9. The molecule has 0 amide bonds. The number of carbonyl (C=O) groups is 1. The second-order valence-corrected chi connectivity index (χ2v) is 6.79. The summed E-state index contributed by atoms with van der Waals surface area (Å²) >= 11 is 0. The van der Waals surface area contributed by atoms with E-state index in [0.717, 1.165) is 16.7 Å². The molecule has 1 aliphatic rings. The molecule has 2 unspecified atom stereocenters. The van der Waals surface area contributed by atoms with Crippen molar-refractivity contribution in [2.24, 2.45) is 5.10 Å². The van der Waals surface area contributed by atoms with E-state index in [4.69, 9.17) is 14.6 Å². The highest BCUT2D eigenvalue weighted by Crippen LogP contribution is 2.34. The van der Waals surface area contributed by atoms with Crippen molar-refractivity contribution < 1.29 is 24.5 Å². The molecule has 154 valence electrons. The van der Waals surface area contributed by atoms with Gasteiger partial charge in [0.25, 0.3) is 0 Å². The average Bonchev–Trinajstić information content (AvgIpc) is 2.87. The van der Waals surface area contributed by atoms with E-state index in [0.29, 0.717) is 23.6 Å². The Hall–Kier alpha value is -3.10. The second kappa shape index (κ2) is 8.50. The summed E-state index contributed by atoms with van der Waals surface area (Å²) in [6.45, 7) is 1.97. The maximum atomic E-state index is 11.2. The smallest absolute Gasteiger partial charge is 0.335 e. The highest BCUT2D eigenvalue weighted by molar-refractivity contribution is 6.14. The molecule has 8 nitrogen and oxygen atoms in total. The minimum absolute atomic E-state index is 0.106. The summed E-state index contributed by atoms with van der Waals surface area (Å²) in [5, 5.41) is 28.7. The van der Waals surface area contributed by atoms with Crippen molar-refractivity contribution >= 4 is 11.7 Å². The van der Waals surface area contributed by atoms with Gasteiger partial charge in [-0.05, 0) is 50.2 Å². The second-order valence-electron chi connectivity index (χ2n) is 6.79. The van der Waals surface area contributed by atoms with Crippen LogP contribution in [0.15, 0.2) is 41.5 Å². The van der Waals surface area contributed by atoms with Crippen molar-refractivity contribution in [3.05, 3.63) is 58.7 Å². The number of methoxy groups -OCH3 is 2. The Labute approximate surface area is 169 Å². The number of aliphatic hydroxyl groups is 1. The summed E-state index contributed by atoms with van der Waals surface area (Å²) in [5.41, 5.74) is 3.35. The number of aromatic carboxylic acids is 1. The van der Waals surface area contributed by atoms with Gasteiger partial charge >= 0.3 is 5.97 Å². The zero-order chi connectivity index (χ0) is 21.1. The number of fused-ring (bicyclic) bond motifs is 1. The van der Waals surface area contributed by atoms with Gasteiger partial charge in [-0.15, -0.1) is 0 Å². The number of nitrogens with zero attached hydrogens (tertiary/aromatic N) is 2. The third-order valence-corrected chi connectivity index (χ3v) is 4.96. The summed E-state index contributed by atoms with van der Waals surface area (Å²) in [4.78, 5) is 11.2. The van der Waals surface area contributed by atoms with Crippen LogP contribution >= 0.6 is 0 Å². The van der Waals surface area contributed by atoms with E-state index >= 15 is 0 Å². The summed E-state index contributed by atoms with van der Waals surface area (Å²) in [7, 11) is 4.80. The molecule has 3 N–H and O–H groups in total. The molecule has 0 saturated heterocycles. The van der Waals surface area contributed by atoms with Crippen LogP contribution in [0.3, 0.4) is 0 Å². The molecule has 0 fully saturated rings. The maximum Gasteiger partial charge on any atom is 0.335 e. The number of carboxylic acid groups (broad SMARTS) is 1. The molecule has 0 saturated carbocycles. The number of hydrazone groups is 1. The van der Waals surface area contributed by atoms with E-state index in [9.17, 15) is 15.0 Å². The van der Waals surface area contributed by atoms with Crippen LogP contribution in [0, 0.1) is 0 Å². The number of ether oxygens (including phenoxy) is 2. The first-order chi connectivity index (χ1) is 13.9. The normalized spacial score (nSPS) is 17.1. The van der Waals surface area contributed by atoms with E-state index in [2.05, 4.69) is 5.32 Å². The van der Waals surface area contributed by atoms with Crippen LogP contribution in [-0.4, -0.2) is 60.6 Å². The first-order valence-electron chi connectivity index (χ1n) is 9.20. The van der Waals surface area contributed by atoms with Gasteiger partial charge in [0.1, 0.15) is 0 Å². The van der Waals surface area contributed by atoms with Crippen molar-refractivity contribution in [1.82, 2.24) is 10.3 Å². The maximum absolute atomic E-state index is 11.2. The third kappa shape index (κ3) is 4.03. The summed E-state index contributed by atoms with van der Waals surface area (Å²) in [6, 6.07) is 10.2. The highest BCUT2D eigenvalue weighted by atomic mass is 16.5. The van der Waals surface area contributed by atoms with E-state index in [1.54, 1.807) is 38.4 Å². The topological polar surface area (TPSA) is 104 Å². The highest BCUT2D eigenvalue weighted by Gasteiger charge is 2.28. The number of hydrogen-bond donors (Lipinski definition) is 3. The fraction of sp³-hybridized carbons (Fsp3) is 0.333. The van der Waals surface area contributed by atoms with Gasteiger partial charge in [0, 0.05) is 11.1 Å². The van der Waals surface area contributed by atoms with Crippen LogP contribution in [0.1, 0.15) is 34.0 Å². The minimum Gasteiger partial charge on any atom is -0.493 e. The molecule has 0 aliphatic carbocycles. The molecule has 2 atom stereocenters. The quantitative estimate of drug-likeness (QED) is 0.638. The number of nitrogens with one attached hydrogen (secondary N) is 1. The van der Waals surface area contributed by atoms with Crippen LogP contribution < -0.4 is 14.8 Å².